The summed E-state index contributed by atoms with van der Waals surface area (Å²) in [5.74, 6) is 0.660. The first-order valence-corrected chi connectivity index (χ1v) is 7.31. The fourth-order valence-electron chi connectivity index (χ4n) is 2.58. The van der Waals surface area contributed by atoms with Crippen LogP contribution in [0.3, 0.4) is 0 Å². The van der Waals surface area contributed by atoms with E-state index in [1.807, 2.05) is 13.0 Å². The van der Waals surface area contributed by atoms with Gasteiger partial charge in [-0.2, -0.15) is 0 Å². The Kier molecular flexibility index (Phi) is 4.95. The van der Waals surface area contributed by atoms with Crippen LogP contribution < -0.4 is 15.4 Å². The normalized spacial score (nSPS) is 22.3. The lowest BCUT2D eigenvalue weighted by atomic mass is 9.77. The van der Waals surface area contributed by atoms with Gasteiger partial charge in [-0.05, 0) is 38.8 Å². The summed E-state index contributed by atoms with van der Waals surface area (Å²) in [4.78, 5) is 16.7. The molecule has 1 atom stereocenters. The number of pyridine rings is 1. The van der Waals surface area contributed by atoms with Gasteiger partial charge in [0.25, 0.3) is 0 Å². The molecule has 110 valence electrons. The molecule has 1 aliphatic rings. The zero-order chi connectivity index (χ0) is 14.4. The second-order valence-electron chi connectivity index (χ2n) is 5.19. The van der Waals surface area contributed by atoms with Gasteiger partial charge in [-0.3, -0.25) is 4.79 Å². The van der Waals surface area contributed by atoms with Crippen LogP contribution in [-0.2, 0) is 4.79 Å². The number of nitrogens with zero attached hydrogens (tertiary/aromatic N) is 1. The molecule has 20 heavy (non-hydrogen) atoms. The molecule has 1 fully saturated rings. The predicted molar refractivity (Wildman–Crippen MR) is 78.9 cm³/mol. The average Bonchev–Trinajstić information content (AvgIpc) is 2.50. The minimum atomic E-state index is -0.295. The van der Waals surface area contributed by atoms with Gasteiger partial charge in [0.05, 0.1) is 23.9 Å². The third kappa shape index (κ3) is 3.28. The highest BCUT2D eigenvalue weighted by Gasteiger charge is 2.37. The topological polar surface area (TPSA) is 63.2 Å². The molecule has 0 aliphatic carbocycles. The summed E-state index contributed by atoms with van der Waals surface area (Å²) in [7, 11) is 0. The summed E-state index contributed by atoms with van der Waals surface area (Å²) in [5, 5.41) is 6.30. The summed E-state index contributed by atoms with van der Waals surface area (Å²) < 4.78 is 5.29. The molecule has 0 spiro atoms. The van der Waals surface area contributed by atoms with Gasteiger partial charge in [0.15, 0.2) is 0 Å². The van der Waals surface area contributed by atoms with Crippen molar-refractivity contribution in [3.8, 4) is 5.88 Å². The molecule has 5 heteroatoms. The third-order valence-electron chi connectivity index (χ3n) is 3.92. The third-order valence-corrected chi connectivity index (χ3v) is 3.92. The number of rotatable bonds is 5. The Morgan fingerprint density at radius 3 is 2.90 bits per heavy atom. The minimum Gasteiger partial charge on any atom is -0.478 e. The molecule has 1 amide bonds. The highest BCUT2D eigenvalue weighted by Crippen LogP contribution is 2.31. The maximum atomic E-state index is 12.5. The Labute approximate surface area is 120 Å². The Morgan fingerprint density at radius 1 is 1.50 bits per heavy atom. The van der Waals surface area contributed by atoms with Crippen molar-refractivity contribution in [2.75, 3.05) is 25.0 Å². The quantitative estimate of drug-likeness (QED) is 0.866. The maximum absolute atomic E-state index is 12.5. The van der Waals surface area contributed by atoms with Crippen molar-refractivity contribution in [3.05, 3.63) is 18.3 Å². The monoisotopic (exact) mass is 277 g/mol. The standard InChI is InChI=1S/C15H23N3O2/c1-3-15(8-5-9-16-11-15)14(19)18-12-6-7-13(17-10-12)20-4-2/h6-7,10,16H,3-5,8-9,11H2,1-2H3,(H,18,19). The van der Waals surface area contributed by atoms with Crippen LogP contribution in [0.4, 0.5) is 5.69 Å². The summed E-state index contributed by atoms with van der Waals surface area (Å²) in [5.41, 5.74) is 0.425. The van der Waals surface area contributed by atoms with E-state index in [0.717, 1.165) is 38.0 Å². The van der Waals surface area contributed by atoms with E-state index < -0.39 is 0 Å². The van der Waals surface area contributed by atoms with Gasteiger partial charge < -0.3 is 15.4 Å². The number of ether oxygens (including phenoxy) is 1. The second kappa shape index (κ2) is 6.70. The van der Waals surface area contributed by atoms with Crippen molar-refractivity contribution < 1.29 is 9.53 Å². The van der Waals surface area contributed by atoms with Crippen LogP contribution >= 0.6 is 0 Å². The fourth-order valence-corrected chi connectivity index (χ4v) is 2.58. The molecule has 1 unspecified atom stereocenters. The van der Waals surface area contributed by atoms with E-state index in [1.54, 1.807) is 12.3 Å². The van der Waals surface area contributed by atoms with Crippen molar-refractivity contribution in [1.82, 2.24) is 10.3 Å². The molecule has 1 saturated heterocycles. The molecule has 5 nitrogen and oxygen atoms in total. The number of amides is 1. The van der Waals surface area contributed by atoms with Crippen LogP contribution in [0.25, 0.3) is 0 Å². The van der Waals surface area contributed by atoms with Crippen molar-refractivity contribution in [1.29, 1.82) is 0 Å². The van der Waals surface area contributed by atoms with E-state index in [0.29, 0.717) is 12.5 Å². The van der Waals surface area contributed by atoms with Gasteiger partial charge >= 0.3 is 0 Å². The van der Waals surface area contributed by atoms with E-state index >= 15 is 0 Å². The molecule has 0 bridgehead atoms. The molecule has 1 aromatic rings. The molecular formula is C15H23N3O2. The van der Waals surface area contributed by atoms with Gasteiger partial charge in [-0.1, -0.05) is 6.92 Å². The highest BCUT2D eigenvalue weighted by molar-refractivity contribution is 5.95. The number of carbonyl (C=O) groups is 1. The summed E-state index contributed by atoms with van der Waals surface area (Å²) >= 11 is 0. The molecule has 2 heterocycles. The zero-order valence-corrected chi connectivity index (χ0v) is 12.2. The van der Waals surface area contributed by atoms with E-state index in [1.165, 1.54) is 0 Å². The number of anilines is 1. The lowest BCUT2D eigenvalue weighted by Crippen LogP contribution is -2.47. The van der Waals surface area contributed by atoms with Gasteiger partial charge in [-0.15, -0.1) is 0 Å². The van der Waals surface area contributed by atoms with Crippen molar-refractivity contribution in [3.63, 3.8) is 0 Å². The second-order valence-corrected chi connectivity index (χ2v) is 5.19. The van der Waals surface area contributed by atoms with Gasteiger partial charge in [0.1, 0.15) is 0 Å². The highest BCUT2D eigenvalue weighted by atomic mass is 16.5. The van der Waals surface area contributed by atoms with E-state index in [-0.39, 0.29) is 11.3 Å². The van der Waals surface area contributed by atoms with Crippen LogP contribution in [0.2, 0.25) is 0 Å². The number of carbonyl (C=O) groups excluding carboxylic acids is 1. The molecule has 0 saturated carbocycles. The molecule has 0 aromatic carbocycles. The summed E-state index contributed by atoms with van der Waals surface area (Å²) in [6, 6.07) is 3.60. The van der Waals surface area contributed by atoms with Crippen LogP contribution in [-0.4, -0.2) is 30.6 Å². The lowest BCUT2D eigenvalue weighted by Gasteiger charge is -2.35. The van der Waals surface area contributed by atoms with Gasteiger partial charge in [0, 0.05) is 12.6 Å². The minimum absolute atomic E-state index is 0.0816. The number of nitrogens with one attached hydrogen (secondary N) is 2. The molecular weight excluding hydrogens is 254 g/mol. The van der Waals surface area contributed by atoms with Crippen molar-refractivity contribution in [2.24, 2.45) is 5.41 Å². The first-order chi connectivity index (χ1) is 9.70. The van der Waals surface area contributed by atoms with Crippen molar-refractivity contribution >= 4 is 11.6 Å². The fraction of sp³-hybridized carbons (Fsp3) is 0.600. The lowest BCUT2D eigenvalue weighted by molar-refractivity contribution is -0.126. The number of piperidine rings is 1. The van der Waals surface area contributed by atoms with Crippen LogP contribution in [0.5, 0.6) is 5.88 Å². The molecule has 1 aliphatic heterocycles. The first-order valence-electron chi connectivity index (χ1n) is 7.31. The average molecular weight is 277 g/mol. The van der Waals surface area contributed by atoms with E-state index in [9.17, 15) is 4.79 Å². The smallest absolute Gasteiger partial charge is 0.231 e. The zero-order valence-electron chi connectivity index (χ0n) is 12.2. The first kappa shape index (κ1) is 14.8. The Bertz CT molecular complexity index is 439. The number of hydrogen-bond donors (Lipinski definition) is 2. The largest absolute Gasteiger partial charge is 0.478 e. The van der Waals surface area contributed by atoms with E-state index in [2.05, 4.69) is 22.5 Å². The van der Waals surface area contributed by atoms with Crippen LogP contribution in [0.15, 0.2) is 18.3 Å². The Hall–Kier alpha value is -1.62. The predicted octanol–water partition coefficient (Wildman–Crippen LogP) is 2.20. The maximum Gasteiger partial charge on any atom is 0.231 e. The molecule has 2 rings (SSSR count). The SMILES string of the molecule is CCOc1ccc(NC(=O)C2(CC)CCCNC2)cn1. The van der Waals surface area contributed by atoms with Crippen LogP contribution in [0, 0.1) is 5.41 Å². The Balaban J connectivity index is 2.02. The molecule has 2 N–H and O–H groups in total. The molecule has 0 radical (unpaired) electrons. The number of aromatic nitrogens is 1. The van der Waals surface area contributed by atoms with Crippen LogP contribution in [0.1, 0.15) is 33.1 Å². The van der Waals surface area contributed by atoms with Gasteiger partial charge in [0.2, 0.25) is 11.8 Å². The van der Waals surface area contributed by atoms with Crippen molar-refractivity contribution in [2.45, 2.75) is 33.1 Å². The number of hydrogen-bond acceptors (Lipinski definition) is 4. The summed E-state index contributed by atoms with van der Waals surface area (Å²) in [6.07, 6.45) is 4.47. The van der Waals surface area contributed by atoms with Gasteiger partial charge in [-0.25, -0.2) is 4.98 Å². The van der Waals surface area contributed by atoms with E-state index in [4.69, 9.17) is 4.74 Å². The Morgan fingerprint density at radius 2 is 2.35 bits per heavy atom. The summed E-state index contributed by atoms with van der Waals surface area (Å²) in [6.45, 7) is 6.32. The molecule has 1 aromatic heterocycles.